The Labute approximate surface area is 144 Å². The molecule has 0 aromatic carbocycles. The monoisotopic (exact) mass is 436 g/mol. The largest absolute Gasteiger partial charge is 0.460 e. The molecule has 0 saturated carbocycles. The van der Waals surface area contributed by atoms with Gasteiger partial charge in [-0.1, -0.05) is 0 Å². The van der Waals surface area contributed by atoms with Gasteiger partial charge in [0.15, 0.2) is 0 Å². The van der Waals surface area contributed by atoms with Gasteiger partial charge in [0, 0.05) is 6.42 Å². The average molecular weight is 436 g/mol. The summed E-state index contributed by atoms with van der Waals surface area (Å²) in [5.74, 6) is -37.1. The predicted octanol–water partition coefficient (Wildman–Crippen LogP) is 4.18. The second-order valence-corrected chi connectivity index (χ2v) is 6.83. The molecule has 164 valence electrons. The molecule has 15 heteroatoms. The van der Waals surface area contributed by atoms with Crippen LogP contribution in [0, 0.1) is 0 Å². The predicted molar refractivity (Wildman–Crippen MR) is 64.3 cm³/mol. The van der Waals surface area contributed by atoms with Gasteiger partial charge in [-0.15, -0.1) is 0 Å². The molecule has 0 aliphatic heterocycles. The van der Waals surface area contributed by atoms with Crippen molar-refractivity contribution in [3.8, 4) is 0 Å². The fourth-order valence-electron chi connectivity index (χ4n) is 1.92. The van der Waals surface area contributed by atoms with E-state index in [-0.39, 0.29) is 4.48 Å². The number of aliphatic hydroxyl groups is 1. The van der Waals surface area contributed by atoms with E-state index in [1.807, 2.05) is 0 Å². The van der Waals surface area contributed by atoms with Crippen molar-refractivity contribution in [2.24, 2.45) is 0 Å². The van der Waals surface area contributed by atoms with E-state index in [2.05, 4.69) is 0 Å². The van der Waals surface area contributed by atoms with E-state index in [4.69, 9.17) is 0 Å². The maximum atomic E-state index is 13.5. The topological polar surface area (TPSA) is 20.2 Å². The Morgan fingerprint density at radius 1 is 0.630 bits per heavy atom. The Bertz CT molecular complexity index is 520. The second-order valence-electron chi connectivity index (χ2n) is 6.83. The van der Waals surface area contributed by atoms with Gasteiger partial charge in [0.1, 0.15) is 12.6 Å². The molecule has 0 fully saturated rings. The molecule has 0 amide bonds. The molecule has 0 bridgehead atoms. The summed E-state index contributed by atoms with van der Waals surface area (Å²) >= 11 is 0. The molecule has 27 heavy (non-hydrogen) atoms. The zero-order valence-corrected chi connectivity index (χ0v) is 13.8. The number of aliphatic hydroxyl groups excluding tert-OH is 1. The Kier molecular flexibility index (Phi) is 6.56. The fourth-order valence-corrected chi connectivity index (χ4v) is 1.92. The minimum atomic E-state index is -7.92. The minimum absolute atomic E-state index is 0.387. The van der Waals surface area contributed by atoms with Crippen molar-refractivity contribution in [2.75, 3.05) is 27.7 Å². The van der Waals surface area contributed by atoms with Crippen LogP contribution >= 0.6 is 0 Å². The summed E-state index contributed by atoms with van der Waals surface area (Å²) in [7, 11) is 3.68. The second kappa shape index (κ2) is 6.81. The number of hydrogen-bond donors (Lipinski definition) is 1. The first-order chi connectivity index (χ1) is 11.4. The van der Waals surface area contributed by atoms with Crippen LogP contribution in [-0.4, -0.2) is 79.2 Å². The molecule has 0 spiro atoms. The highest BCUT2D eigenvalue weighted by molar-refractivity contribution is 5.10. The van der Waals surface area contributed by atoms with Crippen LogP contribution in [0.4, 0.5) is 57.1 Å². The highest BCUT2D eigenvalue weighted by atomic mass is 19.4. The van der Waals surface area contributed by atoms with Crippen molar-refractivity contribution < 1.29 is 66.7 Å². The van der Waals surface area contributed by atoms with E-state index in [0.717, 1.165) is 0 Å². The van der Waals surface area contributed by atoms with Gasteiger partial charge in [-0.25, -0.2) is 0 Å². The van der Waals surface area contributed by atoms with Crippen LogP contribution in [0.25, 0.3) is 0 Å². The quantitative estimate of drug-likeness (QED) is 0.447. The van der Waals surface area contributed by atoms with Gasteiger partial charge in [0.2, 0.25) is 0 Å². The van der Waals surface area contributed by atoms with E-state index in [1.54, 1.807) is 0 Å². The highest BCUT2D eigenvalue weighted by Gasteiger charge is 2.90. The van der Waals surface area contributed by atoms with Crippen molar-refractivity contribution in [3.05, 3.63) is 0 Å². The Morgan fingerprint density at radius 3 is 1.26 bits per heavy atom. The van der Waals surface area contributed by atoms with Crippen molar-refractivity contribution in [2.45, 2.75) is 48.3 Å². The molecule has 1 unspecified atom stereocenters. The van der Waals surface area contributed by atoms with Crippen LogP contribution in [0.2, 0.25) is 0 Å². The molecule has 0 saturated heterocycles. The van der Waals surface area contributed by atoms with Gasteiger partial charge in [-0.05, 0) is 0 Å². The number of nitrogens with zero attached hydrogens (tertiary/aromatic N) is 1. The lowest BCUT2D eigenvalue weighted by Gasteiger charge is -2.40. The Morgan fingerprint density at radius 2 is 0.963 bits per heavy atom. The van der Waals surface area contributed by atoms with Gasteiger partial charge in [0.25, 0.3) is 0 Å². The van der Waals surface area contributed by atoms with Gasteiger partial charge in [-0.3, -0.25) is 0 Å². The number of hydrogen-bond acceptors (Lipinski definition) is 1. The van der Waals surface area contributed by atoms with Gasteiger partial charge in [-0.2, -0.15) is 57.1 Å². The average Bonchev–Trinajstić information content (AvgIpc) is 2.32. The van der Waals surface area contributed by atoms with Gasteiger partial charge in [0.05, 0.1) is 21.1 Å². The third-order valence-corrected chi connectivity index (χ3v) is 3.25. The van der Waals surface area contributed by atoms with Crippen LogP contribution in [-0.2, 0) is 0 Å². The number of rotatable bonds is 8. The first-order valence-corrected chi connectivity index (χ1v) is 6.79. The summed E-state index contributed by atoms with van der Waals surface area (Å²) in [5.41, 5.74) is 0. The molecule has 0 heterocycles. The molecule has 0 aliphatic carbocycles. The molecule has 0 aromatic rings. The number of likely N-dealkylation sites (N-methyl/N-ethyl adjacent to an activating group) is 1. The lowest BCUT2D eigenvalue weighted by Crippen LogP contribution is -2.70. The van der Waals surface area contributed by atoms with Crippen LogP contribution in [0.15, 0.2) is 0 Å². The van der Waals surface area contributed by atoms with E-state index < -0.39 is 54.9 Å². The summed E-state index contributed by atoms with van der Waals surface area (Å²) in [6, 6.07) is 0. The van der Waals surface area contributed by atoms with Crippen molar-refractivity contribution in [3.63, 3.8) is 0 Å². The lowest BCUT2D eigenvalue weighted by atomic mass is 9.91. The SMILES string of the molecule is C[N+](C)(C)CC(O)CC(F)(F)C(F)(F)C(F)(F)C(F)(F)C(F)(F)C(F)(F)F. The molecule has 2 nitrogen and oxygen atoms in total. The van der Waals surface area contributed by atoms with Crippen LogP contribution in [0.3, 0.4) is 0 Å². The summed E-state index contributed by atoms with van der Waals surface area (Å²) in [6.45, 7) is -0.785. The fraction of sp³-hybridized carbons (Fsp3) is 1.00. The molecule has 0 aliphatic rings. The minimum Gasteiger partial charge on any atom is -0.387 e. The van der Waals surface area contributed by atoms with E-state index in [9.17, 15) is 62.2 Å². The standard InChI is InChI=1S/C12H15F13NO/c1-26(2,3)5-6(27)4-7(13,14)8(15,16)9(17,18)10(19,20)11(21,22)12(23,24)25/h6,27H,4-5H2,1-3H3/q+1. The van der Waals surface area contributed by atoms with Crippen molar-refractivity contribution >= 4 is 0 Å². The number of quaternary nitrogens is 1. The maximum absolute atomic E-state index is 13.5. The van der Waals surface area contributed by atoms with Crippen molar-refractivity contribution in [1.82, 2.24) is 0 Å². The Balaban J connectivity index is 6.01. The number of alkyl halides is 13. The summed E-state index contributed by atoms with van der Waals surface area (Å²) in [6.07, 6.45) is -12.5. The molecule has 1 N–H and O–H groups in total. The first-order valence-electron chi connectivity index (χ1n) is 6.79. The normalized spacial score (nSPS) is 17.2. The van der Waals surface area contributed by atoms with Gasteiger partial charge < -0.3 is 9.59 Å². The molecule has 1 atom stereocenters. The van der Waals surface area contributed by atoms with Crippen molar-refractivity contribution in [1.29, 1.82) is 0 Å². The third-order valence-electron chi connectivity index (χ3n) is 3.25. The molecule has 0 radical (unpaired) electrons. The summed E-state index contributed by atoms with van der Waals surface area (Å²) < 4.78 is 167. The summed E-state index contributed by atoms with van der Waals surface area (Å²) in [4.78, 5) is 0. The molecular formula is C12H15F13NO+. The smallest absolute Gasteiger partial charge is 0.387 e. The maximum Gasteiger partial charge on any atom is 0.460 e. The molecular weight excluding hydrogens is 421 g/mol. The third kappa shape index (κ3) is 4.54. The van der Waals surface area contributed by atoms with Gasteiger partial charge >= 0.3 is 35.8 Å². The van der Waals surface area contributed by atoms with E-state index >= 15 is 0 Å². The van der Waals surface area contributed by atoms with E-state index in [0.29, 0.717) is 0 Å². The van der Waals surface area contributed by atoms with Crippen LogP contribution < -0.4 is 0 Å². The molecule has 0 aromatic heterocycles. The summed E-state index contributed by atoms with van der Waals surface area (Å²) in [5, 5.41) is 9.25. The van der Waals surface area contributed by atoms with E-state index in [1.165, 1.54) is 21.1 Å². The zero-order chi connectivity index (χ0) is 22.5. The zero-order valence-electron chi connectivity index (χ0n) is 13.8. The van der Waals surface area contributed by atoms with Crippen LogP contribution in [0.1, 0.15) is 6.42 Å². The lowest BCUT2D eigenvalue weighted by molar-refractivity contribution is -0.873. The highest BCUT2D eigenvalue weighted by Crippen LogP contribution is 2.60. The number of halogens is 13. The van der Waals surface area contributed by atoms with Crippen LogP contribution in [0.5, 0.6) is 0 Å². The first kappa shape index (κ1) is 26.0. The Hall–Kier alpha value is -0.990. The molecule has 0 rings (SSSR count).